The molecule has 25 heavy (non-hydrogen) atoms. The SMILES string of the molecule is Cc1cc(C)n([C@H]2CCN(CCC(=O)Nc3ccsc3C(=O)O)C2)n1. The molecule has 0 aromatic carbocycles. The monoisotopic (exact) mass is 362 g/mol. The van der Waals surface area contributed by atoms with Crippen LogP contribution in [0.1, 0.15) is 39.9 Å². The highest BCUT2D eigenvalue weighted by molar-refractivity contribution is 7.12. The summed E-state index contributed by atoms with van der Waals surface area (Å²) in [5.41, 5.74) is 2.57. The van der Waals surface area contributed by atoms with E-state index in [1.807, 2.05) is 6.92 Å². The maximum atomic E-state index is 12.1. The molecule has 0 radical (unpaired) electrons. The number of carbonyl (C=O) groups excluding carboxylic acids is 1. The Morgan fingerprint density at radius 3 is 2.92 bits per heavy atom. The van der Waals surface area contributed by atoms with E-state index >= 15 is 0 Å². The Morgan fingerprint density at radius 2 is 2.24 bits per heavy atom. The minimum Gasteiger partial charge on any atom is -0.477 e. The molecule has 1 aliphatic rings. The molecule has 7 nitrogen and oxygen atoms in total. The van der Waals surface area contributed by atoms with Gasteiger partial charge in [0.15, 0.2) is 0 Å². The summed E-state index contributed by atoms with van der Waals surface area (Å²) in [5.74, 6) is -1.17. The first-order valence-corrected chi connectivity index (χ1v) is 9.17. The molecule has 0 unspecified atom stereocenters. The Kier molecular flexibility index (Phi) is 5.19. The van der Waals surface area contributed by atoms with Crippen LogP contribution in [0.2, 0.25) is 0 Å². The second-order valence-corrected chi connectivity index (χ2v) is 7.30. The van der Waals surface area contributed by atoms with E-state index in [1.54, 1.807) is 11.4 Å². The van der Waals surface area contributed by atoms with Crippen molar-refractivity contribution in [3.05, 3.63) is 33.8 Å². The van der Waals surface area contributed by atoms with E-state index < -0.39 is 5.97 Å². The molecule has 1 saturated heterocycles. The van der Waals surface area contributed by atoms with Gasteiger partial charge in [0.25, 0.3) is 0 Å². The van der Waals surface area contributed by atoms with E-state index in [-0.39, 0.29) is 10.8 Å². The van der Waals surface area contributed by atoms with Gasteiger partial charge >= 0.3 is 5.97 Å². The number of nitrogens with one attached hydrogen (secondary N) is 1. The first-order chi connectivity index (χ1) is 11.9. The Labute approximate surface area is 150 Å². The van der Waals surface area contributed by atoms with Gasteiger partial charge in [0.2, 0.25) is 5.91 Å². The molecule has 1 aliphatic heterocycles. The van der Waals surface area contributed by atoms with E-state index in [0.717, 1.165) is 36.5 Å². The molecule has 0 spiro atoms. The minimum absolute atomic E-state index is 0.157. The van der Waals surface area contributed by atoms with Crippen molar-refractivity contribution in [2.75, 3.05) is 25.0 Å². The number of hydrogen-bond acceptors (Lipinski definition) is 5. The van der Waals surface area contributed by atoms with Crippen LogP contribution in [0.15, 0.2) is 17.5 Å². The van der Waals surface area contributed by atoms with E-state index in [4.69, 9.17) is 5.11 Å². The fourth-order valence-electron chi connectivity index (χ4n) is 3.28. The molecule has 3 rings (SSSR count). The number of nitrogens with zero attached hydrogens (tertiary/aromatic N) is 3. The third kappa shape index (κ3) is 4.08. The number of hydrogen-bond donors (Lipinski definition) is 2. The van der Waals surface area contributed by atoms with Crippen LogP contribution in [0.25, 0.3) is 0 Å². The van der Waals surface area contributed by atoms with Gasteiger partial charge in [-0.15, -0.1) is 11.3 Å². The highest BCUT2D eigenvalue weighted by Gasteiger charge is 2.25. The number of aromatic carboxylic acids is 1. The Morgan fingerprint density at radius 1 is 1.44 bits per heavy atom. The number of likely N-dealkylation sites (tertiary alicyclic amines) is 1. The van der Waals surface area contributed by atoms with Crippen molar-refractivity contribution >= 4 is 28.9 Å². The van der Waals surface area contributed by atoms with Gasteiger partial charge in [-0.05, 0) is 37.8 Å². The fraction of sp³-hybridized carbons (Fsp3) is 0.471. The second-order valence-electron chi connectivity index (χ2n) is 6.38. The summed E-state index contributed by atoms with van der Waals surface area (Å²) in [6.45, 7) is 6.55. The van der Waals surface area contributed by atoms with Gasteiger partial charge in [0.05, 0.1) is 17.4 Å². The summed E-state index contributed by atoms with van der Waals surface area (Å²) >= 11 is 1.11. The third-order valence-electron chi connectivity index (χ3n) is 4.43. The van der Waals surface area contributed by atoms with Crippen molar-refractivity contribution in [3.63, 3.8) is 0 Å². The number of aromatic nitrogens is 2. The molecule has 2 aromatic heterocycles. The lowest BCUT2D eigenvalue weighted by Crippen LogP contribution is -2.27. The number of amides is 1. The van der Waals surface area contributed by atoms with Crippen LogP contribution in [0.5, 0.6) is 0 Å². The summed E-state index contributed by atoms with van der Waals surface area (Å²) in [6, 6.07) is 4.06. The van der Waals surface area contributed by atoms with Crippen LogP contribution < -0.4 is 5.32 Å². The Balaban J connectivity index is 1.49. The Hall–Kier alpha value is -2.19. The van der Waals surface area contributed by atoms with Gasteiger partial charge in [-0.25, -0.2) is 4.79 Å². The number of anilines is 1. The predicted molar refractivity (Wildman–Crippen MR) is 96.3 cm³/mol. The molecule has 0 aliphatic carbocycles. The smallest absolute Gasteiger partial charge is 0.348 e. The summed E-state index contributed by atoms with van der Waals surface area (Å²) in [4.78, 5) is 25.6. The van der Waals surface area contributed by atoms with Gasteiger partial charge in [-0.2, -0.15) is 5.10 Å². The van der Waals surface area contributed by atoms with Gasteiger partial charge in [-0.1, -0.05) is 0 Å². The molecule has 1 fully saturated rings. The van der Waals surface area contributed by atoms with Gasteiger partial charge in [-0.3, -0.25) is 9.48 Å². The predicted octanol–water partition coefficient (Wildman–Crippen LogP) is 2.54. The zero-order chi connectivity index (χ0) is 18.0. The lowest BCUT2D eigenvalue weighted by Gasteiger charge is -2.16. The minimum atomic E-state index is -1.02. The maximum Gasteiger partial charge on any atom is 0.348 e. The third-order valence-corrected chi connectivity index (χ3v) is 5.33. The van der Waals surface area contributed by atoms with Gasteiger partial charge < -0.3 is 15.3 Å². The van der Waals surface area contributed by atoms with E-state index in [1.165, 1.54) is 5.69 Å². The molecule has 0 bridgehead atoms. The van der Waals surface area contributed by atoms with Gasteiger partial charge in [0.1, 0.15) is 4.88 Å². The molecule has 2 aromatic rings. The number of carbonyl (C=O) groups is 2. The molecule has 1 atom stereocenters. The zero-order valence-corrected chi connectivity index (χ0v) is 15.2. The van der Waals surface area contributed by atoms with Crippen molar-refractivity contribution in [1.29, 1.82) is 0 Å². The molecule has 1 amide bonds. The average molecular weight is 362 g/mol. The maximum absolute atomic E-state index is 12.1. The van der Waals surface area contributed by atoms with E-state index in [9.17, 15) is 9.59 Å². The van der Waals surface area contributed by atoms with E-state index in [2.05, 4.69) is 33.0 Å². The first-order valence-electron chi connectivity index (χ1n) is 8.30. The lowest BCUT2D eigenvalue weighted by molar-refractivity contribution is -0.116. The number of carboxylic acid groups (broad SMARTS) is 1. The topological polar surface area (TPSA) is 87.5 Å². The van der Waals surface area contributed by atoms with E-state index in [0.29, 0.717) is 24.7 Å². The van der Waals surface area contributed by atoms with Crippen LogP contribution in [-0.2, 0) is 4.79 Å². The summed E-state index contributed by atoms with van der Waals surface area (Å²) in [5, 5.41) is 18.0. The van der Waals surface area contributed by atoms with Crippen molar-refractivity contribution in [2.45, 2.75) is 32.7 Å². The lowest BCUT2D eigenvalue weighted by atomic mass is 10.2. The molecular weight excluding hydrogens is 340 g/mol. The van der Waals surface area contributed by atoms with Crippen molar-refractivity contribution in [3.8, 4) is 0 Å². The van der Waals surface area contributed by atoms with Crippen LogP contribution in [0.3, 0.4) is 0 Å². The first kappa shape index (κ1) is 17.6. The normalized spacial score (nSPS) is 17.8. The number of thiophene rings is 1. The summed E-state index contributed by atoms with van der Waals surface area (Å²) < 4.78 is 2.08. The summed E-state index contributed by atoms with van der Waals surface area (Å²) in [6.07, 6.45) is 1.37. The van der Waals surface area contributed by atoms with Crippen molar-refractivity contribution < 1.29 is 14.7 Å². The second kappa shape index (κ2) is 7.37. The van der Waals surface area contributed by atoms with Crippen molar-refractivity contribution in [2.24, 2.45) is 0 Å². The van der Waals surface area contributed by atoms with Crippen LogP contribution in [0.4, 0.5) is 5.69 Å². The molecule has 134 valence electrons. The van der Waals surface area contributed by atoms with Gasteiger partial charge in [0, 0.05) is 31.7 Å². The fourth-order valence-corrected chi connectivity index (χ4v) is 3.96. The van der Waals surface area contributed by atoms with Crippen LogP contribution in [0, 0.1) is 13.8 Å². The van der Waals surface area contributed by atoms with Crippen LogP contribution in [-0.4, -0.2) is 51.3 Å². The molecule has 3 heterocycles. The molecule has 0 saturated carbocycles. The number of rotatable bonds is 6. The number of aryl methyl sites for hydroxylation is 2. The Bertz CT molecular complexity index is 783. The average Bonchev–Trinajstić information content (AvgIpc) is 3.25. The van der Waals surface area contributed by atoms with Crippen LogP contribution >= 0.6 is 11.3 Å². The molecule has 8 heteroatoms. The molecule has 2 N–H and O–H groups in total. The highest BCUT2D eigenvalue weighted by atomic mass is 32.1. The van der Waals surface area contributed by atoms with Crippen molar-refractivity contribution in [1.82, 2.24) is 14.7 Å². The zero-order valence-electron chi connectivity index (χ0n) is 14.4. The highest BCUT2D eigenvalue weighted by Crippen LogP contribution is 2.24. The summed E-state index contributed by atoms with van der Waals surface area (Å²) in [7, 11) is 0. The largest absolute Gasteiger partial charge is 0.477 e. The molecular formula is C17H22N4O3S. The number of carboxylic acids is 1. The standard InChI is InChI=1S/C17H22N4O3S/c1-11-9-12(2)21(19-11)13-3-6-20(10-13)7-4-15(22)18-14-5-8-25-16(14)17(23)24/h5,8-9,13H,3-4,6-7,10H2,1-2H3,(H,18,22)(H,23,24)/t13-/m0/s1. The quantitative estimate of drug-likeness (QED) is 0.824.